The standard InChI is InChI=1S/C25H27FN4O3S/c1-17(31)28-14-21-15-30(25(32)33-21)20-6-7-23(22(26)12-20)29-10-8-18(9-11-29)16-34-24-5-3-2-4-19(24)13-27/h2-7,12,18,21H,8-11,14-16H2,1H3,(H,28,31)/t21-/m0/s1. The maximum Gasteiger partial charge on any atom is 0.414 e. The van der Waals surface area contributed by atoms with Crippen molar-refractivity contribution in [3.63, 3.8) is 0 Å². The molecule has 4 rings (SSSR count). The van der Waals surface area contributed by atoms with Gasteiger partial charge in [0.15, 0.2) is 0 Å². The molecule has 0 radical (unpaired) electrons. The summed E-state index contributed by atoms with van der Waals surface area (Å²) in [6, 6.07) is 14.7. The Morgan fingerprint density at radius 1 is 1.26 bits per heavy atom. The van der Waals surface area contributed by atoms with Crippen LogP contribution in [0.15, 0.2) is 47.4 Å². The van der Waals surface area contributed by atoms with Crippen LogP contribution in [0.5, 0.6) is 0 Å². The molecule has 0 saturated carbocycles. The number of amides is 2. The van der Waals surface area contributed by atoms with Crippen LogP contribution < -0.4 is 15.1 Å². The second kappa shape index (κ2) is 10.8. The number of nitrogens with zero attached hydrogens (tertiary/aromatic N) is 3. The summed E-state index contributed by atoms with van der Waals surface area (Å²) >= 11 is 1.71. The maximum atomic E-state index is 15.0. The number of nitriles is 1. The summed E-state index contributed by atoms with van der Waals surface area (Å²) in [5, 5.41) is 11.9. The smallest absolute Gasteiger partial charge is 0.414 e. The van der Waals surface area contributed by atoms with Crippen molar-refractivity contribution >= 4 is 35.1 Å². The number of halogens is 1. The molecule has 7 nitrogen and oxygen atoms in total. The Hall–Kier alpha value is -3.25. The highest BCUT2D eigenvalue weighted by Crippen LogP contribution is 2.33. The summed E-state index contributed by atoms with van der Waals surface area (Å²) in [7, 11) is 0. The van der Waals surface area contributed by atoms with Crippen LogP contribution in [0.1, 0.15) is 25.3 Å². The Kier molecular flexibility index (Phi) is 7.58. The van der Waals surface area contributed by atoms with Gasteiger partial charge >= 0.3 is 6.09 Å². The van der Waals surface area contributed by atoms with E-state index in [-0.39, 0.29) is 24.8 Å². The van der Waals surface area contributed by atoms with Crippen molar-refractivity contribution in [3.8, 4) is 6.07 Å². The number of carbonyl (C=O) groups is 2. The number of benzene rings is 2. The van der Waals surface area contributed by atoms with E-state index in [1.807, 2.05) is 29.2 Å². The second-order valence-corrected chi connectivity index (χ2v) is 9.60. The first kappa shape index (κ1) is 23.9. The van der Waals surface area contributed by atoms with Gasteiger partial charge in [-0.25, -0.2) is 9.18 Å². The molecule has 2 aromatic carbocycles. The third-order valence-electron chi connectivity index (χ3n) is 6.13. The first-order chi connectivity index (χ1) is 16.4. The van der Waals surface area contributed by atoms with Gasteiger partial charge in [0.25, 0.3) is 0 Å². The molecule has 1 N–H and O–H groups in total. The Morgan fingerprint density at radius 2 is 2.03 bits per heavy atom. The van der Waals surface area contributed by atoms with Crippen LogP contribution in [0, 0.1) is 23.1 Å². The Labute approximate surface area is 202 Å². The number of hydrogen-bond donors (Lipinski definition) is 1. The first-order valence-corrected chi connectivity index (χ1v) is 12.3. The van der Waals surface area contributed by atoms with E-state index in [1.165, 1.54) is 17.9 Å². The van der Waals surface area contributed by atoms with Gasteiger partial charge in [-0.1, -0.05) is 12.1 Å². The number of thioether (sulfide) groups is 1. The normalized spacial score (nSPS) is 18.5. The molecule has 0 aliphatic carbocycles. The van der Waals surface area contributed by atoms with E-state index >= 15 is 4.39 Å². The average molecular weight is 483 g/mol. The number of rotatable bonds is 7. The third-order valence-corrected chi connectivity index (χ3v) is 7.44. The predicted molar refractivity (Wildman–Crippen MR) is 130 cm³/mol. The molecule has 2 aromatic rings. The SMILES string of the molecule is CC(=O)NC[C@H]1CN(c2ccc(N3CCC(CSc4ccccc4C#N)CC3)c(F)c2)C(=O)O1. The number of cyclic esters (lactones) is 1. The van der Waals surface area contributed by atoms with Crippen molar-refractivity contribution in [2.24, 2.45) is 5.92 Å². The zero-order valence-electron chi connectivity index (χ0n) is 19.0. The summed E-state index contributed by atoms with van der Waals surface area (Å²) < 4.78 is 20.3. The summed E-state index contributed by atoms with van der Waals surface area (Å²) in [5.74, 6) is 0.880. The zero-order chi connectivity index (χ0) is 24.1. The fourth-order valence-corrected chi connectivity index (χ4v) is 5.44. The van der Waals surface area contributed by atoms with Gasteiger partial charge in [-0.15, -0.1) is 11.8 Å². The Balaban J connectivity index is 1.31. The molecule has 2 saturated heterocycles. The molecule has 2 heterocycles. The van der Waals surface area contributed by atoms with Gasteiger partial charge in [-0.2, -0.15) is 5.26 Å². The van der Waals surface area contributed by atoms with E-state index in [9.17, 15) is 14.9 Å². The van der Waals surface area contributed by atoms with Crippen LogP contribution in [0.3, 0.4) is 0 Å². The van der Waals surface area contributed by atoms with E-state index in [1.54, 1.807) is 23.9 Å². The van der Waals surface area contributed by atoms with Gasteiger partial charge in [0, 0.05) is 30.7 Å². The van der Waals surface area contributed by atoms with Gasteiger partial charge in [0.05, 0.1) is 30.0 Å². The lowest BCUT2D eigenvalue weighted by Crippen LogP contribution is -2.35. The van der Waals surface area contributed by atoms with Gasteiger partial charge in [0.2, 0.25) is 5.91 Å². The summed E-state index contributed by atoms with van der Waals surface area (Å²) in [6.45, 7) is 3.40. The van der Waals surface area contributed by atoms with E-state index in [0.717, 1.165) is 36.6 Å². The average Bonchev–Trinajstić information content (AvgIpc) is 3.22. The molecular weight excluding hydrogens is 455 g/mol. The maximum absolute atomic E-state index is 15.0. The zero-order valence-corrected chi connectivity index (χ0v) is 19.8. The largest absolute Gasteiger partial charge is 0.442 e. The summed E-state index contributed by atoms with van der Waals surface area (Å²) in [4.78, 5) is 27.7. The van der Waals surface area contributed by atoms with Crippen molar-refractivity contribution in [3.05, 3.63) is 53.8 Å². The van der Waals surface area contributed by atoms with E-state index in [2.05, 4.69) is 11.4 Å². The molecule has 2 aliphatic heterocycles. The predicted octanol–water partition coefficient (Wildman–Crippen LogP) is 4.17. The highest BCUT2D eigenvalue weighted by Gasteiger charge is 2.33. The molecule has 0 unspecified atom stereocenters. The number of carbonyl (C=O) groups excluding carboxylic acids is 2. The molecule has 0 aromatic heterocycles. The fourth-order valence-electron chi connectivity index (χ4n) is 4.25. The molecule has 34 heavy (non-hydrogen) atoms. The van der Waals surface area contributed by atoms with Crippen molar-refractivity contribution in [1.82, 2.24) is 5.32 Å². The van der Waals surface area contributed by atoms with E-state index in [4.69, 9.17) is 4.74 Å². The molecule has 2 aliphatic rings. The lowest BCUT2D eigenvalue weighted by Gasteiger charge is -2.34. The lowest BCUT2D eigenvalue weighted by atomic mass is 9.98. The first-order valence-electron chi connectivity index (χ1n) is 11.3. The Bertz CT molecular complexity index is 1100. The van der Waals surface area contributed by atoms with Crippen molar-refractivity contribution in [1.29, 1.82) is 5.26 Å². The van der Waals surface area contributed by atoms with Gasteiger partial charge in [0.1, 0.15) is 18.0 Å². The van der Waals surface area contributed by atoms with Crippen molar-refractivity contribution in [2.45, 2.75) is 30.8 Å². The number of hydrogen-bond acceptors (Lipinski definition) is 6. The molecular formula is C25H27FN4O3S. The monoisotopic (exact) mass is 482 g/mol. The van der Waals surface area contributed by atoms with E-state index in [0.29, 0.717) is 22.9 Å². The number of anilines is 2. The van der Waals surface area contributed by atoms with Gasteiger partial charge in [-0.3, -0.25) is 9.69 Å². The van der Waals surface area contributed by atoms with Crippen LogP contribution in [-0.4, -0.2) is 50.0 Å². The highest BCUT2D eigenvalue weighted by atomic mass is 32.2. The van der Waals surface area contributed by atoms with Crippen LogP contribution in [0.4, 0.5) is 20.6 Å². The second-order valence-electron chi connectivity index (χ2n) is 8.54. The quantitative estimate of drug-likeness (QED) is 0.597. The number of ether oxygens (including phenoxy) is 1. The highest BCUT2D eigenvalue weighted by molar-refractivity contribution is 7.99. The van der Waals surface area contributed by atoms with Crippen molar-refractivity contribution in [2.75, 3.05) is 41.7 Å². The minimum atomic E-state index is -0.543. The van der Waals surface area contributed by atoms with Crippen LogP contribution in [-0.2, 0) is 9.53 Å². The minimum Gasteiger partial charge on any atom is -0.442 e. The number of nitrogens with one attached hydrogen (secondary N) is 1. The van der Waals surface area contributed by atoms with Gasteiger partial charge in [-0.05, 0) is 49.1 Å². The molecule has 0 spiro atoms. The number of piperidine rings is 1. The fraction of sp³-hybridized carbons (Fsp3) is 0.400. The minimum absolute atomic E-state index is 0.195. The third kappa shape index (κ3) is 5.62. The molecule has 0 bridgehead atoms. The molecule has 2 fully saturated rings. The molecule has 2 amide bonds. The molecule has 178 valence electrons. The Morgan fingerprint density at radius 3 is 2.74 bits per heavy atom. The summed E-state index contributed by atoms with van der Waals surface area (Å²) in [5.41, 5.74) is 1.68. The molecule has 1 atom stereocenters. The van der Waals surface area contributed by atoms with Crippen LogP contribution in [0.25, 0.3) is 0 Å². The van der Waals surface area contributed by atoms with Crippen LogP contribution in [0.2, 0.25) is 0 Å². The van der Waals surface area contributed by atoms with Gasteiger partial charge < -0.3 is 15.0 Å². The summed E-state index contributed by atoms with van der Waals surface area (Å²) in [6.07, 6.45) is 0.896. The lowest BCUT2D eigenvalue weighted by molar-refractivity contribution is -0.119. The van der Waals surface area contributed by atoms with Crippen molar-refractivity contribution < 1.29 is 18.7 Å². The molecule has 9 heteroatoms. The van der Waals surface area contributed by atoms with E-state index < -0.39 is 12.2 Å². The topological polar surface area (TPSA) is 85.7 Å². The van der Waals surface area contributed by atoms with Crippen LogP contribution >= 0.6 is 11.8 Å².